The van der Waals surface area contributed by atoms with Crippen molar-refractivity contribution >= 4 is 23.1 Å². The highest BCUT2D eigenvalue weighted by molar-refractivity contribution is 6.35. The maximum Gasteiger partial charge on any atom is 0.278 e. The van der Waals surface area contributed by atoms with Crippen LogP contribution in [0.4, 0.5) is 5.69 Å². The number of hydrogen-bond donors (Lipinski definition) is 0. The number of likely N-dealkylation sites (tertiary alicyclic amines) is 1. The van der Waals surface area contributed by atoms with Gasteiger partial charge in [0.05, 0.1) is 17.0 Å². The molecular formula is C22H22N4O4. The minimum atomic E-state index is -0.485. The van der Waals surface area contributed by atoms with E-state index >= 15 is 0 Å². The van der Waals surface area contributed by atoms with Gasteiger partial charge in [-0.3, -0.25) is 29.6 Å². The highest BCUT2D eigenvalue weighted by Crippen LogP contribution is 2.35. The van der Waals surface area contributed by atoms with Crippen LogP contribution in [0.2, 0.25) is 0 Å². The number of benzene rings is 1. The van der Waals surface area contributed by atoms with E-state index in [4.69, 9.17) is 0 Å². The van der Waals surface area contributed by atoms with Crippen LogP contribution in [-0.2, 0) is 16.1 Å². The van der Waals surface area contributed by atoms with E-state index < -0.39 is 4.92 Å². The predicted octanol–water partition coefficient (Wildman–Crippen LogP) is 3.00. The van der Waals surface area contributed by atoms with Crippen molar-refractivity contribution in [2.75, 3.05) is 13.1 Å². The van der Waals surface area contributed by atoms with E-state index in [0.717, 1.165) is 18.4 Å². The summed E-state index contributed by atoms with van der Waals surface area (Å²) in [5.41, 5.74) is 1.92. The molecule has 8 nitrogen and oxygen atoms in total. The fourth-order valence-electron chi connectivity index (χ4n) is 3.92. The second-order valence-corrected chi connectivity index (χ2v) is 7.75. The topological polar surface area (TPSA) is 96.7 Å². The second-order valence-electron chi connectivity index (χ2n) is 7.75. The Morgan fingerprint density at radius 1 is 1.10 bits per heavy atom. The van der Waals surface area contributed by atoms with Gasteiger partial charge < -0.3 is 4.90 Å². The third-order valence-electron chi connectivity index (χ3n) is 5.67. The van der Waals surface area contributed by atoms with Gasteiger partial charge in [0.15, 0.2) is 0 Å². The molecule has 0 unspecified atom stereocenters. The van der Waals surface area contributed by atoms with Crippen molar-refractivity contribution in [2.45, 2.75) is 26.3 Å². The van der Waals surface area contributed by atoms with Gasteiger partial charge in [-0.05, 0) is 48.1 Å². The number of carbonyl (C=O) groups excluding carboxylic acids is 2. The molecule has 0 aliphatic carbocycles. The van der Waals surface area contributed by atoms with Crippen LogP contribution >= 0.6 is 0 Å². The lowest BCUT2D eigenvalue weighted by atomic mass is 9.97. The summed E-state index contributed by atoms with van der Waals surface area (Å²) in [7, 11) is 0. The molecule has 0 saturated carbocycles. The Bertz CT molecular complexity index is 1010. The lowest BCUT2D eigenvalue weighted by Gasteiger charge is -2.32. The number of amides is 2. The van der Waals surface area contributed by atoms with E-state index in [0.29, 0.717) is 35.8 Å². The zero-order chi connectivity index (χ0) is 21.3. The molecule has 0 bridgehead atoms. The van der Waals surface area contributed by atoms with Crippen molar-refractivity contribution < 1.29 is 14.5 Å². The standard InChI is InChI=1S/C22H22N4O4/c1-15-8-11-24(12-9-15)20-19(17-4-6-18(7-5-17)26(29)30)21(27)25(22(20)28)14-16-3-2-10-23-13-16/h2-7,10,13,15H,8-9,11-12,14H2,1H3. The van der Waals surface area contributed by atoms with Crippen LogP contribution in [0.25, 0.3) is 5.57 Å². The fraction of sp³-hybridized carbons (Fsp3) is 0.318. The summed E-state index contributed by atoms with van der Waals surface area (Å²) in [4.78, 5) is 44.5. The van der Waals surface area contributed by atoms with Crippen molar-refractivity contribution in [1.29, 1.82) is 0 Å². The van der Waals surface area contributed by atoms with E-state index in [2.05, 4.69) is 11.9 Å². The zero-order valence-corrected chi connectivity index (χ0v) is 16.7. The van der Waals surface area contributed by atoms with E-state index in [1.165, 1.54) is 17.0 Å². The summed E-state index contributed by atoms with van der Waals surface area (Å²) < 4.78 is 0. The van der Waals surface area contributed by atoms with Gasteiger partial charge in [-0.15, -0.1) is 0 Å². The van der Waals surface area contributed by atoms with E-state index in [-0.39, 0.29) is 24.0 Å². The van der Waals surface area contributed by atoms with Crippen LogP contribution in [0.15, 0.2) is 54.5 Å². The molecule has 1 saturated heterocycles. The molecule has 2 aliphatic heterocycles. The van der Waals surface area contributed by atoms with Crippen molar-refractivity contribution in [1.82, 2.24) is 14.8 Å². The molecule has 0 atom stereocenters. The molecule has 30 heavy (non-hydrogen) atoms. The fourth-order valence-corrected chi connectivity index (χ4v) is 3.92. The largest absolute Gasteiger partial charge is 0.366 e. The molecule has 2 aliphatic rings. The van der Waals surface area contributed by atoms with E-state index in [1.807, 2.05) is 11.0 Å². The number of hydrogen-bond acceptors (Lipinski definition) is 6. The molecular weight excluding hydrogens is 384 g/mol. The van der Waals surface area contributed by atoms with Crippen molar-refractivity contribution in [2.24, 2.45) is 5.92 Å². The summed E-state index contributed by atoms with van der Waals surface area (Å²) in [5, 5.41) is 11.0. The first kappa shape index (κ1) is 19.8. The number of nitrogens with zero attached hydrogens (tertiary/aromatic N) is 4. The molecule has 8 heteroatoms. The Morgan fingerprint density at radius 2 is 1.80 bits per heavy atom. The highest BCUT2D eigenvalue weighted by atomic mass is 16.6. The van der Waals surface area contributed by atoms with Crippen LogP contribution < -0.4 is 0 Å². The van der Waals surface area contributed by atoms with Crippen molar-refractivity contribution in [3.05, 3.63) is 75.7 Å². The van der Waals surface area contributed by atoms with Crippen LogP contribution in [0.3, 0.4) is 0 Å². The van der Waals surface area contributed by atoms with Gasteiger partial charge in [-0.25, -0.2) is 0 Å². The number of aromatic nitrogens is 1. The minimum Gasteiger partial charge on any atom is -0.366 e. The van der Waals surface area contributed by atoms with Crippen LogP contribution in [-0.4, -0.2) is 44.6 Å². The molecule has 1 aromatic carbocycles. The first-order valence-corrected chi connectivity index (χ1v) is 9.95. The molecule has 1 aromatic heterocycles. The zero-order valence-electron chi connectivity index (χ0n) is 16.7. The van der Waals surface area contributed by atoms with E-state index in [1.54, 1.807) is 30.6 Å². The average molecular weight is 406 g/mol. The van der Waals surface area contributed by atoms with Gasteiger partial charge in [0.2, 0.25) is 0 Å². The molecule has 1 fully saturated rings. The maximum absolute atomic E-state index is 13.3. The summed E-state index contributed by atoms with van der Waals surface area (Å²) in [5.74, 6) is -0.138. The first-order chi connectivity index (χ1) is 14.5. The molecule has 4 rings (SSSR count). The van der Waals surface area contributed by atoms with Gasteiger partial charge in [-0.1, -0.05) is 13.0 Å². The van der Waals surface area contributed by atoms with Gasteiger partial charge in [0.1, 0.15) is 5.70 Å². The lowest BCUT2D eigenvalue weighted by Crippen LogP contribution is -2.38. The second kappa shape index (κ2) is 8.06. The lowest BCUT2D eigenvalue weighted by molar-refractivity contribution is -0.384. The van der Waals surface area contributed by atoms with Gasteiger partial charge in [0.25, 0.3) is 17.5 Å². The smallest absolute Gasteiger partial charge is 0.278 e. The van der Waals surface area contributed by atoms with E-state index in [9.17, 15) is 19.7 Å². The molecule has 2 amide bonds. The number of imide groups is 1. The Labute approximate surface area is 174 Å². The third-order valence-corrected chi connectivity index (χ3v) is 5.67. The third kappa shape index (κ3) is 3.68. The predicted molar refractivity (Wildman–Crippen MR) is 110 cm³/mol. The normalized spacial score (nSPS) is 17.8. The van der Waals surface area contributed by atoms with Crippen LogP contribution in [0.1, 0.15) is 30.9 Å². The summed E-state index contributed by atoms with van der Waals surface area (Å²) in [6, 6.07) is 9.38. The monoisotopic (exact) mass is 406 g/mol. The summed E-state index contributed by atoms with van der Waals surface area (Å²) in [6.07, 6.45) is 5.16. The molecule has 0 N–H and O–H groups in total. The number of pyridine rings is 1. The Kier molecular flexibility index (Phi) is 5.31. The molecule has 154 valence electrons. The van der Waals surface area contributed by atoms with Crippen LogP contribution in [0, 0.1) is 16.0 Å². The summed E-state index contributed by atoms with van der Waals surface area (Å²) >= 11 is 0. The van der Waals surface area contributed by atoms with Gasteiger partial charge in [-0.2, -0.15) is 0 Å². The Hall–Kier alpha value is -3.55. The highest BCUT2D eigenvalue weighted by Gasteiger charge is 2.42. The van der Waals surface area contributed by atoms with Crippen LogP contribution in [0.5, 0.6) is 0 Å². The number of piperidine rings is 1. The maximum atomic E-state index is 13.3. The Morgan fingerprint density at radius 3 is 2.40 bits per heavy atom. The number of carbonyl (C=O) groups is 2. The Balaban J connectivity index is 1.73. The average Bonchev–Trinajstić information content (AvgIpc) is 3.00. The summed E-state index contributed by atoms with van der Waals surface area (Å²) in [6.45, 7) is 3.72. The quantitative estimate of drug-likeness (QED) is 0.430. The number of nitro groups is 1. The number of non-ortho nitro benzene ring substituents is 1. The first-order valence-electron chi connectivity index (χ1n) is 9.95. The van der Waals surface area contributed by atoms with Crippen molar-refractivity contribution in [3.63, 3.8) is 0 Å². The minimum absolute atomic E-state index is 0.0586. The van der Waals surface area contributed by atoms with Crippen molar-refractivity contribution in [3.8, 4) is 0 Å². The number of rotatable bonds is 5. The molecule has 0 spiro atoms. The van der Waals surface area contributed by atoms with Gasteiger partial charge in [0, 0.05) is 37.6 Å². The molecule has 0 radical (unpaired) electrons. The molecule has 3 heterocycles. The molecule has 2 aromatic rings. The number of nitro benzene ring substituents is 1. The SMILES string of the molecule is CC1CCN(C2=C(c3ccc([N+](=O)[O-])cc3)C(=O)N(Cc3cccnc3)C2=O)CC1. The van der Waals surface area contributed by atoms with Gasteiger partial charge >= 0.3 is 0 Å².